The van der Waals surface area contributed by atoms with E-state index < -0.39 is 97.5 Å². The van der Waals surface area contributed by atoms with Gasteiger partial charge in [0.1, 0.15) is 19.3 Å². The number of rotatable bonds is 68. The van der Waals surface area contributed by atoms with E-state index in [1.54, 1.807) is 0 Å². The van der Waals surface area contributed by atoms with E-state index in [9.17, 15) is 43.2 Å². The molecule has 0 saturated carbocycles. The smallest absolute Gasteiger partial charge is 0.462 e. The number of carbonyl (C=O) groups is 4. The van der Waals surface area contributed by atoms with Crippen LogP contribution in [-0.2, 0) is 65.4 Å². The molecule has 3 N–H and O–H groups in total. The standard InChI is InChI=1S/C71H134O17P2/c1-7-9-11-13-15-17-19-20-21-24-27-31-34-41-47-53-68(73)81-59-66(87-71(76)56-50-44-36-32-28-25-22-23-26-29-33-39-45-51-63(3)4)61-85-89(77,78)83-57-65(72)58-84-90(79,80)86-62-67(60-82-69(74)54-48-42-38-37-40-46-52-64(5)6)88-70(75)55-49-43-35-30-18-16-14-12-10-8-2/h17,19-21,63-67,72H,7-16,18,22-62H2,1-6H3,(H,77,78)(H,79,80)/b19-17-,21-20-/t65-,66-,67-/m1/s1. The van der Waals surface area contributed by atoms with Gasteiger partial charge in [-0.2, -0.15) is 0 Å². The Bertz CT molecular complexity index is 1850. The van der Waals surface area contributed by atoms with Gasteiger partial charge < -0.3 is 33.8 Å². The summed E-state index contributed by atoms with van der Waals surface area (Å²) in [6, 6.07) is 0. The zero-order chi connectivity index (χ0) is 66.5. The van der Waals surface area contributed by atoms with E-state index in [4.69, 9.17) is 37.0 Å². The molecule has 0 fully saturated rings. The summed E-state index contributed by atoms with van der Waals surface area (Å²) < 4.78 is 68.2. The summed E-state index contributed by atoms with van der Waals surface area (Å²) in [7, 11) is -9.91. The van der Waals surface area contributed by atoms with Crippen LogP contribution in [0.1, 0.15) is 337 Å². The molecule has 5 atom stereocenters. The predicted molar refractivity (Wildman–Crippen MR) is 363 cm³/mol. The third kappa shape index (κ3) is 64.3. The molecule has 0 bridgehead atoms. The number of aliphatic hydroxyl groups excluding tert-OH is 1. The second kappa shape index (κ2) is 62.6. The number of ether oxygens (including phenoxy) is 4. The third-order valence-electron chi connectivity index (χ3n) is 15.8. The molecule has 0 spiro atoms. The molecule has 0 heterocycles. The minimum atomic E-state index is -4.96. The van der Waals surface area contributed by atoms with Gasteiger partial charge in [0.05, 0.1) is 26.4 Å². The lowest BCUT2D eigenvalue weighted by molar-refractivity contribution is -0.161. The molecule has 90 heavy (non-hydrogen) atoms. The van der Waals surface area contributed by atoms with Crippen molar-refractivity contribution >= 4 is 39.5 Å². The number of phosphoric ester groups is 2. The minimum absolute atomic E-state index is 0.100. The zero-order valence-electron chi connectivity index (χ0n) is 57.9. The van der Waals surface area contributed by atoms with E-state index in [0.717, 1.165) is 121 Å². The molecule has 0 radical (unpaired) electrons. The van der Waals surface area contributed by atoms with Crippen LogP contribution in [0, 0.1) is 11.8 Å². The first kappa shape index (κ1) is 87.5. The molecule has 0 aliphatic rings. The molecule has 17 nitrogen and oxygen atoms in total. The summed E-state index contributed by atoms with van der Waals surface area (Å²) in [5, 5.41) is 10.6. The average molecular weight is 1320 g/mol. The third-order valence-corrected chi connectivity index (χ3v) is 17.7. The van der Waals surface area contributed by atoms with E-state index in [0.29, 0.717) is 31.6 Å². The number of carbonyl (C=O) groups excluding carboxylic acids is 4. The molecule has 0 amide bonds. The largest absolute Gasteiger partial charge is 0.472 e. The number of hydrogen-bond donors (Lipinski definition) is 3. The molecular formula is C71H134O17P2. The lowest BCUT2D eigenvalue weighted by atomic mass is 10.0. The highest BCUT2D eigenvalue weighted by atomic mass is 31.2. The first-order chi connectivity index (χ1) is 43.4. The van der Waals surface area contributed by atoms with E-state index in [-0.39, 0.29) is 25.7 Å². The molecule has 0 aromatic carbocycles. The lowest BCUT2D eigenvalue weighted by Crippen LogP contribution is -2.30. The van der Waals surface area contributed by atoms with Crippen LogP contribution in [0.25, 0.3) is 0 Å². The summed E-state index contributed by atoms with van der Waals surface area (Å²) in [5.74, 6) is -0.693. The SMILES string of the molecule is CCCCCC/C=C\C=C/CCCCCCCC(=O)OC[C@H](COP(=O)(O)OC[C@@H](O)COP(=O)(O)OC[C@@H](COC(=O)CCCCCCCCC(C)C)OC(=O)CCCCCCCCCCCC)OC(=O)CCCCCCCCCCCCCCCC(C)C. The molecule has 530 valence electrons. The summed E-state index contributed by atoms with van der Waals surface area (Å²) in [6.45, 7) is 9.41. The highest BCUT2D eigenvalue weighted by Crippen LogP contribution is 2.45. The molecule has 0 aromatic rings. The van der Waals surface area contributed by atoms with Gasteiger partial charge in [-0.1, -0.05) is 284 Å². The Kier molecular flexibility index (Phi) is 60.9. The Morgan fingerprint density at radius 2 is 0.600 bits per heavy atom. The highest BCUT2D eigenvalue weighted by Gasteiger charge is 2.30. The van der Waals surface area contributed by atoms with Crippen molar-refractivity contribution in [1.29, 1.82) is 0 Å². The second-order valence-electron chi connectivity index (χ2n) is 25.9. The fourth-order valence-corrected chi connectivity index (χ4v) is 11.8. The van der Waals surface area contributed by atoms with Crippen molar-refractivity contribution in [1.82, 2.24) is 0 Å². The number of phosphoric acid groups is 2. The van der Waals surface area contributed by atoms with E-state index in [1.165, 1.54) is 128 Å². The van der Waals surface area contributed by atoms with Crippen LogP contribution in [0.2, 0.25) is 0 Å². The maximum absolute atomic E-state index is 13.0. The number of unbranched alkanes of at least 4 members (excludes halogenated alkanes) is 35. The predicted octanol–water partition coefficient (Wildman–Crippen LogP) is 19.9. The molecule has 0 aliphatic heterocycles. The Labute approximate surface area is 548 Å². The van der Waals surface area contributed by atoms with Crippen molar-refractivity contribution in [2.45, 2.75) is 355 Å². The van der Waals surface area contributed by atoms with Crippen molar-refractivity contribution in [3.8, 4) is 0 Å². The molecule has 0 saturated heterocycles. The van der Waals surface area contributed by atoms with Gasteiger partial charge in [0, 0.05) is 25.7 Å². The van der Waals surface area contributed by atoms with Gasteiger partial charge in [-0.25, -0.2) is 9.13 Å². The molecule has 19 heteroatoms. The first-order valence-electron chi connectivity index (χ1n) is 36.3. The van der Waals surface area contributed by atoms with Crippen molar-refractivity contribution < 1.29 is 80.2 Å². The molecule has 2 unspecified atom stereocenters. The number of esters is 4. The normalized spacial score (nSPS) is 14.3. The van der Waals surface area contributed by atoms with Gasteiger partial charge in [-0.3, -0.25) is 37.3 Å². The maximum Gasteiger partial charge on any atom is 0.472 e. The van der Waals surface area contributed by atoms with Gasteiger partial charge in [0.15, 0.2) is 12.2 Å². The van der Waals surface area contributed by atoms with Crippen LogP contribution in [0.3, 0.4) is 0 Å². The van der Waals surface area contributed by atoms with Crippen LogP contribution < -0.4 is 0 Å². The van der Waals surface area contributed by atoms with Crippen molar-refractivity contribution in [2.24, 2.45) is 11.8 Å². The van der Waals surface area contributed by atoms with Gasteiger partial charge in [-0.05, 0) is 63.2 Å². The van der Waals surface area contributed by atoms with Crippen LogP contribution in [-0.4, -0.2) is 96.7 Å². The highest BCUT2D eigenvalue weighted by molar-refractivity contribution is 7.47. The molecule has 0 rings (SSSR count). The van der Waals surface area contributed by atoms with E-state index in [1.807, 2.05) is 0 Å². The first-order valence-corrected chi connectivity index (χ1v) is 39.3. The Balaban J connectivity index is 5.27. The number of hydrogen-bond acceptors (Lipinski definition) is 15. The quantitative estimate of drug-likeness (QED) is 0.0169. The van der Waals surface area contributed by atoms with Crippen molar-refractivity contribution in [2.75, 3.05) is 39.6 Å². The van der Waals surface area contributed by atoms with E-state index >= 15 is 0 Å². The summed E-state index contributed by atoms with van der Waals surface area (Å²) in [4.78, 5) is 72.5. The zero-order valence-corrected chi connectivity index (χ0v) is 59.7. The van der Waals surface area contributed by atoms with Crippen molar-refractivity contribution in [3.05, 3.63) is 24.3 Å². The number of aliphatic hydroxyl groups is 1. The Morgan fingerprint density at radius 1 is 0.344 bits per heavy atom. The summed E-state index contributed by atoms with van der Waals surface area (Å²) in [6.07, 6.45) is 50.9. The maximum atomic E-state index is 13.0. The van der Waals surface area contributed by atoms with Gasteiger partial charge >= 0.3 is 39.5 Å². The van der Waals surface area contributed by atoms with Gasteiger partial charge in [-0.15, -0.1) is 0 Å². The van der Waals surface area contributed by atoms with Crippen LogP contribution in [0.4, 0.5) is 0 Å². The lowest BCUT2D eigenvalue weighted by Gasteiger charge is -2.21. The average Bonchev–Trinajstić information content (AvgIpc) is 3.56. The van der Waals surface area contributed by atoms with Crippen LogP contribution >= 0.6 is 15.6 Å². The van der Waals surface area contributed by atoms with Gasteiger partial charge in [0.25, 0.3) is 0 Å². The van der Waals surface area contributed by atoms with Crippen LogP contribution in [0.5, 0.6) is 0 Å². The Hall–Kier alpha value is -2.46. The second-order valence-corrected chi connectivity index (χ2v) is 28.8. The number of allylic oxidation sites excluding steroid dienone is 4. The molecule has 0 aliphatic carbocycles. The fraction of sp³-hybridized carbons (Fsp3) is 0.887. The van der Waals surface area contributed by atoms with Gasteiger partial charge in [0.2, 0.25) is 0 Å². The topological polar surface area (TPSA) is 237 Å². The fourth-order valence-electron chi connectivity index (χ4n) is 10.2. The minimum Gasteiger partial charge on any atom is -0.462 e. The van der Waals surface area contributed by atoms with Crippen LogP contribution in [0.15, 0.2) is 24.3 Å². The summed E-state index contributed by atoms with van der Waals surface area (Å²) >= 11 is 0. The summed E-state index contributed by atoms with van der Waals surface area (Å²) in [5.41, 5.74) is 0. The van der Waals surface area contributed by atoms with Crippen molar-refractivity contribution in [3.63, 3.8) is 0 Å². The molecule has 0 aromatic heterocycles. The van der Waals surface area contributed by atoms with E-state index in [2.05, 4.69) is 65.8 Å². The molecular weight excluding hydrogens is 1190 g/mol. The monoisotopic (exact) mass is 1320 g/mol. The Morgan fingerprint density at radius 3 is 0.911 bits per heavy atom.